The van der Waals surface area contributed by atoms with Crippen LogP contribution in [0.4, 0.5) is 0 Å². The first-order chi connectivity index (χ1) is 14.0. The predicted octanol–water partition coefficient (Wildman–Crippen LogP) is 4.82. The average molecular weight is 392 g/mol. The van der Waals surface area contributed by atoms with Crippen molar-refractivity contribution in [3.05, 3.63) is 82.0 Å². The van der Waals surface area contributed by atoms with Gasteiger partial charge >= 0.3 is 11.7 Å². The van der Waals surface area contributed by atoms with Crippen LogP contribution in [0.3, 0.4) is 0 Å². The minimum Gasteiger partial charge on any atom is -0.478 e. The van der Waals surface area contributed by atoms with E-state index in [-0.39, 0.29) is 11.3 Å². The number of carbonyl (C=O) groups is 1. The van der Waals surface area contributed by atoms with E-state index >= 15 is 0 Å². The molecule has 5 heteroatoms. The summed E-state index contributed by atoms with van der Waals surface area (Å²) in [4.78, 5) is 24.3. The Hall–Kier alpha value is -3.08. The van der Waals surface area contributed by atoms with Crippen molar-refractivity contribution < 1.29 is 9.90 Å². The maximum atomic E-state index is 12.8. The molecule has 29 heavy (non-hydrogen) atoms. The van der Waals surface area contributed by atoms with Gasteiger partial charge in [-0.3, -0.25) is 9.13 Å². The van der Waals surface area contributed by atoms with Gasteiger partial charge in [0.2, 0.25) is 0 Å². The molecule has 1 N–H and O–H groups in total. The van der Waals surface area contributed by atoms with E-state index in [0.717, 1.165) is 49.0 Å². The molecule has 0 bridgehead atoms. The third-order valence-corrected chi connectivity index (χ3v) is 5.15. The normalized spacial score (nSPS) is 11.0. The van der Waals surface area contributed by atoms with Crippen LogP contribution in [0.2, 0.25) is 0 Å². The van der Waals surface area contributed by atoms with Crippen molar-refractivity contribution in [2.75, 3.05) is 0 Å². The highest BCUT2D eigenvalue weighted by Crippen LogP contribution is 2.24. The first-order valence-corrected chi connectivity index (χ1v) is 10.3. The van der Waals surface area contributed by atoms with Crippen LogP contribution >= 0.6 is 0 Å². The van der Waals surface area contributed by atoms with Crippen molar-refractivity contribution in [1.82, 2.24) is 9.13 Å². The predicted molar refractivity (Wildman–Crippen MR) is 116 cm³/mol. The molecule has 0 radical (unpaired) electrons. The molecule has 0 amide bonds. The van der Waals surface area contributed by atoms with Crippen molar-refractivity contribution >= 4 is 5.97 Å². The minimum absolute atomic E-state index is 0.0437. The highest BCUT2D eigenvalue weighted by molar-refractivity contribution is 5.95. The molecule has 0 fully saturated rings. The van der Waals surface area contributed by atoms with E-state index in [0.29, 0.717) is 12.1 Å². The molecule has 0 saturated heterocycles. The molecule has 2 aromatic carbocycles. The summed E-state index contributed by atoms with van der Waals surface area (Å²) in [7, 11) is 0. The maximum Gasteiger partial charge on any atom is 0.336 e. The SMILES string of the molecule is CCCCn1cc(CCC)n(Cc2ccc(-c3ccccc3C(=O)O)cc2)c1=O. The molecule has 1 aromatic heterocycles. The number of rotatable bonds is 9. The Kier molecular flexibility index (Phi) is 6.70. The van der Waals surface area contributed by atoms with Gasteiger partial charge in [-0.25, -0.2) is 9.59 Å². The van der Waals surface area contributed by atoms with Gasteiger partial charge in [0.25, 0.3) is 0 Å². The third-order valence-electron chi connectivity index (χ3n) is 5.15. The van der Waals surface area contributed by atoms with Crippen LogP contribution in [0.1, 0.15) is 54.7 Å². The molecule has 0 aliphatic rings. The average Bonchev–Trinajstić information content (AvgIpc) is 3.02. The number of nitrogens with zero attached hydrogens (tertiary/aromatic N) is 2. The number of hydrogen-bond acceptors (Lipinski definition) is 2. The van der Waals surface area contributed by atoms with Gasteiger partial charge in [0, 0.05) is 18.4 Å². The van der Waals surface area contributed by atoms with Crippen LogP contribution in [0.5, 0.6) is 0 Å². The smallest absolute Gasteiger partial charge is 0.336 e. The highest BCUT2D eigenvalue weighted by atomic mass is 16.4. The van der Waals surface area contributed by atoms with E-state index < -0.39 is 5.97 Å². The summed E-state index contributed by atoms with van der Waals surface area (Å²) < 4.78 is 3.69. The lowest BCUT2D eigenvalue weighted by molar-refractivity contribution is 0.0697. The van der Waals surface area contributed by atoms with Crippen LogP contribution < -0.4 is 5.69 Å². The molecule has 0 atom stereocenters. The topological polar surface area (TPSA) is 64.2 Å². The second-order valence-corrected chi connectivity index (χ2v) is 7.33. The summed E-state index contributed by atoms with van der Waals surface area (Å²) in [6.07, 6.45) is 5.91. The molecule has 0 aliphatic heterocycles. The number of aromatic nitrogens is 2. The molecular weight excluding hydrogens is 364 g/mol. The van der Waals surface area contributed by atoms with Crippen molar-refractivity contribution in [2.24, 2.45) is 0 Å². The van der Waals surface area contributed by atoms with Crippen LogP contribution in [0.25, 0.3) is 11.1 Å². The standard InChI is InChI=1S/C24H28N2O3/c1-3-5-15-25-17-20(8-4-2)26(24(25)29)16-18-11-13-19(14-12-18)21-9-6-7-10-22(21)23(27)28/h6-7,9-14,17H,3-5,8,15-16H2,1-2H3,(H,27,28). The molecule has 1 heterocycles. The summed E-state index contributed by atoms with van der Waals surface area (Å²) in [6.45, 7) is 5.52. The van der Waals surface area contributed by atoms with E-state index in [2.05, 4.69) is 13.8 Å². The van der Waals surface area contributed by atoms with Gasteiger partial charge in [-0.15, -0.1) is 0 Å². The van der Waals surface area contributed by atoms with Gasteiger partial charge in [0.1, 0.15) is 0 Å². The molecule has 3 aromatic rings. The molecule has 5 nitrogen and oxygen atoms in total. The van der Waals surface area contributed by atoms with Crippen LogP contribution in [-0.4, -0.2) is 20.2 Å². The Labute approximate surface area is 171 Å². The van der Waals surface area contributed by atoms with Gasteiger partial charge in [-0.1, -0.05) is 69.2 Å². The zero-order valence-corrected chi connectivity index (χ0v) is 17.1. The van der Waals surface area contributed by atoms with Crippen LogP contribution in [0, 0.1) is 0 Å². The molecule has 152 valence electrons. The second-order valence-electron chi connectivity index (χ2n) is 7.33. The van der Waals surface area contributed by atoms with Crippen molar-refractivity contribution in [1.29, 1.82) is 0 Å². The molecule has 0 saturated carbocycles. The number of imidazole rings is 1. The van der Waals surface area contributed by atoms with Crippen molar-refractivity contribution in [2.45, 2.75) is 52.6 Å². The summed E-state index contributed by atoms with van der Waals surface area (Å²) in [5.41, 5.74) is 3.97. The minimum atomic E-state index is -0.936. The van der Waals surface area contributed by atoms with E-state index in [1.807, 2.05) is 51.7 Å². The summed E-state index contributed by atoms with van der Waals surface area (Å²) >= 11 is 0. The zero-order valence-electron chi connectivity index (χ0n) is 17.1. The number of aryl methyl sites for hydroxylation is 2. The molecule has 0 aliphatic carbocycles. The van der Waals surface area contributed by atoms with Crippen LogP contribution in [-0.2, 0) is 19.5 Å². The second kappa shape index (κ2) is 9.41. The number of unbranched alkanes of at least 4 members (excludes halogenated alkanes) is 1. The largest absolute Gasteiger partial charge is 0.478 e. The monoisotopic (exact) mass is 392 g/mol. The number of carboxylic acids is 1. The maximum absolute atomic E-state index is 12.8. The quantitative estimate of drug-likeness (QED) is 0.568. The van der Waals surface area contributed by atoms with Gasteiger partial charge in [0.15, 0.2) is 0 Å². The van der Waals surface area contributed by atoms with Gasteiger partial charge < -0.3 is 5.11 Å². The van der Waals surface area contributed by atoms with Crippen molar-refractivity contribution in [3.63, 3.8) is 0 Å². The van der Waals surface area contributed by atoms with Crippen molar-refractivity contribution in [3.8, 4) is 11.1 Å². The zero-order chi connectivity index (χ0) is 20.8. The molecule has 0 unspecified atom stereocenters. The third kappa shape index (κ3) is 4.67. The first-order valence-electron chi connectivity index (χ1n) is 10.3. The fraction of sp³-hybridized carbons (Fsp3) is 0.333. The Morgan fingerprint density at radius 2 is 1.72 bits per heavy atom. The lowest BCUT2D eigenvalue weighted by Crippen LogP contribution is -2.25. The summed E-state index contributed by atoms with van der Waals surface area (Å²) in [5.74, 6) is -0.936. The lowest BCUT2D eigenvalue weighted by Gasteiger charge is -2.09. The number of carboxylic acid groups (broad SMARTS) is 1. The number of aromatic carboxylic acids is 1. The molecular formula is C24H28N2O3. The fourth-order valence-electron chi connectivity index (χ4n) is 3.59. The lowest BCUT2D eigenvalue weighted by atomic mass is 9.99. The Morgan fingerprint density at radius 1 is 1.00 bits per heavy atom. The summed E-state index contributed by atoms with van der Waals surface area (Å²) in [5, 5.41) is 9.41. The van der Waals surface area contributed by atoms with Crippen LogP contribution in [0.15, 0.2) is 59.5 Å². The van der Waals surface area contributed by atoms with Gasteiger partial charge in [-0.2, -0.15) is 0 Å². The van der Waals surface area contributed by atoms with E-state index in [1.165, 1.54) is 0 Å². The Bertz CT molecular complexity index is 1030. The van der Waals surface area contributed by atoms with E-state index in [4.69, 9.17) is 0 Å². The molecule has 3 rings (SSSR count). The van der Waals surface area contributed by atoms with Gasteiger partial charge in [-0.05, 0) is 35.6 Å². The Morgan fingerprint density at radius 3 is 2.38 bits per heavy atom. The number of hydrogen-bond donors (Lipinski definition) is 1. The summed E-state index contributed by atoms with van der Waals surface area (Å²) in [6, 6.07) is 14.8. The Balaban J connectivity index is 1.88. The first kappa shape index (κ1) is 20.6. The van der Waals surface area contributed by atoms with E-state index in [1.54, 1.807) is 12.1 Å². The highest BCUT2D eigenvalue weighted by Gasteiger charge is 2.13. The van der Waals surface area contributed by atoms with Gasteiger partial charge in [0.05, 0.1) is 12.1 Å². The number of benzene rings is 2. The molecule has 0 spiro atoms. The van der Waals surface area contributed by atoms with E-state index in [9.17, 15) is 14.7 Å². The fourth-order valence-corrected chi connectivity index (χ4v) is 3.59.